The van der Waals surface area contributed by atoms with Crippen molar-refractivity contribution >= 4 is 34.3 Å². The van der Waals surface area contributed by atoms with Crippen molar-refractivity contribution in [3.8, 4) is 0 Å². The number of hydrogen-bond donors (Lipinski definition) is 2. The van der Waals surface area contributed by atoms with Gasteiger partial charge in [0.05, 0.1) is 30.2 Å². The van der Waals surface area contributed by atoms with E-state index in [1.165, 1.54) is 23.6 Å². The van der Waals surface area contributed by atoms with E-state index < -0.39 is 5.97 Å². The molecule has 3 heterocycles. The summed E-state index contributed by atoms with van der Waals surface area (Å²) >= 11 is 1.17. The average molecular weight is 412 g/mol. The van der Waals surface area contributed by atoms with Gasteiger partial charge in [0.2, 0.25) is 5.16 Å². The summed E-state index contributed by atoms with van der Waals surface area (Å²) in [5.41, 5.74) is 1.37. The summed E-state index contributed by atoms with van der Waals surface area (Å²) in [6.45, 7) is 0.347. The highest BCUT2D eigenvalue weighted by atomic mass is 32.2. The van der Waals surface area contributed by atoms with E-state index >= 15 is 0 Å². The highest BCUT2D eigenvalue weighted by molar-refractivity contribution is 7.99. The second-order valence-electron chi connectivity index (χ2n) is 5.90. The number of methoxy groups -OCH3 is 1. The number of furan rings is 1. The standard InChI is InChI=1S/C18H16N6O4S/c1-27-17(26)15(16-19-12-6-2-3-7-13(12)20-16)14(25)10-29-18-21-22-23-24(18)9-11-5-4-8-28-11/h2-8,25H,9-10H2,1H3,(H,19,20)/b15-14+. The lowest BCUT2D eigenvalue weighted by Crippen LogP contribution is -2.10. The lowest BCUT2D eigenvalue weighted by Gasteiger charge is -2.07. The normalized spacial score (nSPS) is 12.2. The molecule has 0 aliphatic carbocycles. The second kappa shape index (κ2) is 8.19. The molecule has 1 aromatic carbocycles. The van der Waals surface area contributed by atoms with E-state index in [0.29, 0.717) is 23.0 Å². The van der Waals surface area contributed by atoms with Crippen LogP contribution in [0.3, 0.4) is 0 Å². The maximum Gasteiger partial charge on any atom is 0.345 e. The van der Waals surface area contributed by atoms with Gasteiger partial charge in [-0.15, -0.1) is 5.10 Å². The van der Waals surface area contributed by atoms with Crippen LogP contribution in [-0.4, -0.2) is 54.1 Å². The average Bonchev–Trinajstić information content (AvgIpc) is 3.47. The first-order valence-corrected chi connectivity index (χ1v) is 9.51. The Balaban J connectivity index is 1.58. The minimum absolute atomic E-state index is 0.0405. The van der Waals surface area contributed by atoms with Gasteiger partial charge in [-0.25, -0.2) is 14.5 Å². The van der Waals surface area contributed by atoms with E-state index in [9.17, 15) is 9.90 Å². The Morgan fingerprint density at radius 3 is 2.93 bits per heavy atom. The number of fused-ring (bicyclic) bond motifs is 1. The summed E-state index contributed by atoms with van der Waals surface area (Å²) in [6, 6.07) is 10.9. The zero-order chi connectivity index (χ0) is 20.2. The van der Waals surface area contributed by atoms with E-state index in [2.05, 4.69) is 25.5 Å². The van der Waals surface area contributed by atoms with Crippen molar-refractivity contribution in [3.05, 3.63) is 60.0 Å². The van der Waals surface area contributed by atoms with Gasteiger partial charge >= 0.3 is 5.97 Å². The Kier molecular flexibility index (Phi) is 5.29. The molecule has 0 saturated carbocycles. The number of rotatable bonds is 7. The molecular formula is C18H16N6O4S. The fraction of sp³-hybridized carbons (Fsp3) is 0.167. The number of aliphatic hydroxyl groups excluding tert-OH is 1. The predicted molar refractivity (Wildman–Crippen MR) is 104 cm³/mol. The quantitative estimate of drug-likeness (QED) is 0.203. The molecule has 0 aliphatic rings. The van der Waals surface area contributed by atoms with E-state index in [0.717, 1.165) is 5.52 Å². The number of thioether (sulfide) groups is 1. The van der Waals surface area contributed by atoms with Crippen molar-refractivity contribution < 1.29 is 19.1 Å². The van der Waals surface area contributed by atoms with Crippen LogP contribution in [0, 0.1) is 0 Å². The molecule has 0 spiro atoms. The monoisotopic (exact) mass is 412 g/mol. The number of aromatic nitrogens is 6. The number of imidazole rings is 1. The summed E-state index contributed by atoms with van der Waals surface area (Å²) in [5, 5.41) is 22.6. The molecule has 0 radical (unpaired) electrons. The van der Waals surface area contributed by atoms with Gasteiger partial charge in [0.25, 0.3) is 0 Å². The van der Waals surface area contributed by atoms with Gasteiger partial charge in [-0.2, -0.15) is 0 Å². The first-order valence-electron chi connectivity index (χ1n) is 8.52. The number of hydrogen-bond acceptors (Lipinski definition) is 9. The van der Waals surface area contributed by atoms with Crippen molar-refractivity contribution in [3.63, 3.8) is 0 Å². The molecule has 148 valence electrons. The minimum atomic E-state index is -0.697. The van der Waals surface area contributed by atoms with Gasteiger partial charge in [-0.1, -0.05) is 23.9 Å². The van der Waals surface area contributed by atoms with Crippen LogP contribution in [0.5, 0.6) is 0 Å². The summed E-state index contributed by atoms with van der Waals surface area (Å²) in [6.07, 6.45) is 1.57. The highest BCUT2D eigenvalue weighted by Crippen LogP contribution is 2.25. The molecule has 0 atom stereocenters. The number of ether oxygens (including phenoxy) is 1. The van der Waals surface area contributed by atoms with Gasteiger partial charge < -0.3 is 19.2 Å². The second-order valence-corrected chi connectivity index (χ2v) is 6.85. The number of H-pyrrole nitrogens is 1. The van der Waals surface area contributed by atoms with Gasteiger partial charge in [-0.05, 0) is 34.7 Å². The van der Waals surface area contributed by atoms with Crippen LogP contribution in [0.2, 0.25) is 0 Å². The van der Waals surface area contributed by atoms with E-state index in [-0.39, 0.29) is 22.9 Å². The molecule has 2 N–H and O–H groups in total. The fourth-order valence-electron chi connectivity index (χ4n) is 2.68. The third-order valence-electron chi connectivity index (χ3n) is 4.03. The van der Waals surface area contributed by atoms with Crippen LogP contribution < -0.4 is 0 Å². The maximum absolute atomic E-state index is 12.3. The molecule has 0 unspecified atom stereocenters. The number of aromatic amines is 1. The zero-order valence-corrected chi connectivity index (χ0v) is 16.1. The minimum Gasteiger partial charge on any atom is -0.510 e. The van der Waals surface area contributed by atoms with E-state index in [1.54, 1.807) is 18.4 Å². The van der Waals surface area contributed by atoms with E-state index in [1.807, 2.05) is 24.3 Å². The molecular weight excluding hydrogens is 396 g/mol. The summed E-state index contributed by atoms with van der Waals surface area (Å²) in [4.78, 5) is 19.7. The maximum atomic E-state index is 12.3. The summed E-state index contributed by atoms with van der Waals surface area (Å²) in [5.74, 6) is 0.0635. The fourth-order valence-corrected chi connectivity index (χ4v) is 3.43. The number of benzene rings is 1. The molecule has 0 aliphatic heterocycles. The number of carbonyl (C=O) groups excluding carboxylic acids is 1. The number of nitrogens with zero attached hydrogens (tertiary/aromatic N) is 5. The topological polar surface area (TPSA) is 132 Å². The smallest absolute Gasteiger partial charge is 0.345 e. The molecule has 0 saturated heterocycles. The number of nitrogens with one attached hydrogen (secondary N) is 1. The van der Waals surface area contributed by atoms with Gasteiger partial charge in [0.15, 0.2) is 0 Å². The molecule has 0 amide bonds. The van der Waals surface area contributed by atoms with Gasteiger partial charge in [0, 0.05) is 0 Å². The lowest BCUT2D eigenvalue weighted by molar-refractivity contribution is -0.133. The Hall–Kier alpha value is -3.60. The molecule has 4 rings (SSSR count). The van der Waals surface area contributed by atoms with Gasteiger partial charge in [-0.3, -0.25) is 0 Å². The van der Waals surface area contributed by atoms with Crippen molar-refractivity contribution in [2.45, 2.75) is 11.7 Å². The van der Waals surface area contributed by atoms with Crippen LogP contribution in [-0.2, 0) is 16.1 Å². The van der Waals surface area contributed by atoms with Crippen molar-refractivity contribution in [1.82, 2.24) is 30.2 Å². The molecule has 11 heteroatoms. The lowest BCUT2D eigenvalue weighted by atomic mass is 10.2. The first-order chi connectivity index (χ1) is 14.2. The largest absolute Gasteiger partial charge is 0.510 e. The first kappa shape index (κ1) is 18.7. The van der Waals surface area contributed by atoms with Crippen molar-refractivity contribution in [2.75, 3.05) is 12.9 Å². The summed E-state index contributed by atoms with van der Waals surface area (Å²) < 4.78 is 11.7. The summed E-state index contributed by atoms with van der Waals surface area (Å²) in [7, 11) is 1.25. The van der Waals surface area contributed by atoms with Crippen LogP contribution in [0.4, 0.5) is 0 Å². The van der Waals surface area contributed by atoms with Crippen LogP contribution in [0.1, 0.15) is 11.6 Å². The Morgan fingerprint density at radius 1 is 1.31 bits per heavy atom. The van der Waals surface area contributed by atoms with Crippen LogP contribution in [0.25, 0.3) is 16.6 Å². The molecule has 0 fully saturated rings. The number of carbonyl (C=O) groups is 1. The molecule has 3 aromatic heterocycles. The SMILES string of the molecule is COC(=O)/C(=C(/O)CSc1nnnn1Cc1ccco1)c1nc2ccccc2[nH]1. The van der Waals surface area contributed by atoms with E-state index in [4.69, 9.17) is 9.15 Å². The highest BCUT2D eigenvalue weighted by Gasteiger charge is 2.23. The number of tetrazole rings is 1. The third-order valence-corrected chi connectivity index (χ3v) is 5.00. The Morgan fingerprint density at radius 2 is 2.17 bits per heavy atom. The Labute approximate surface area is 168 Å². The number of para-hydroxylation sites is 2. The molecule has 4 aromatic rings. The van der Waals surface area contributed by atoms with Gasteiger partial charge in [0.1, 0.15) is 29.5 Å². The molecule has 0 bridgehead atoms. The number of esters is 1. The molecule has 29 heavy (non-hydrogen) atoms. The van der Waals surface area contributed by atoms with Crippen LogP contribution >= 0.6 is 11.8 Å². The predicted octanol–water partition coefficient (Wildman–Crippen LogP) is 2.43. The van der Waals surface area contributed by atoms with Crippen molar-refractivity contribution in [2.24, 2.45) is 0 Å². The number of aliphatic hydroxyl groups is 1. The molecule has 10 nitrogen and oxygen atoms in total. The third kappa shape index (κ3) is 3.99. The van der Waals surface area contributed by atoms with Crippen molar-refractivity contribution in [1.29, 1.82) is 0 Å². The van der Waals surface area contributed by atoms with Crippen LogP contribution in [0.15, 0.2) is 58.0 Å². The Bertz CT molecular complexity index is 1130. The zero-order valence-electron chi connectivity index (χ0n) is 15.3.